The summed E-state index contributed by atoms with van der Waals surface area (Å²) in [5, 5.41) is 9.55. The van der Waals surface area contributed by atoms with Crippen molar-refractivity contribution in [1.82, 2.24) is 0 Å². The minimum Gasteiger partial charge on any atom is -0.443 e. The molecule has 0 radical (unpaired) electrons. The van der Waals surface area contributed by atoms with Crippen LogP contribution in [0.2, 0.25) is 0 Å². The Kier molecular flexibility index (Phi) is 3.51. The molecule has 4 heteroatoms. The maximum absolute atomic E-state index is 9.55. The van der Waals surface area contributed by atoms with E-state index in [1.165, 1.54) is 12.8 Å². The highest BCUT2D eigenvalue weighted by atomic mass is 16.4. The Morgan fingerprint density at radius 2 is 2.19 bits per heavy atom. The lowest BCUT2D eigenvalue weighted by molar-refractivity contribution is 0.158. The summed E-state index contributed by atoms with van der Waals surface area (Å²) in [7, 11) is 0. The first-order valence-electron chi connectivity index (χ1n) is 5.93. The van der Waals surface area contributed by atoms with E-state index < -0.39 is 6.10 Å². The Bertz CT molecular complexity index is 330. The maximum Gasteiger partial charge on any atom is 0.195 e. The summed E-state index contributed by atoms with van der Waals surface area (Å²) in [6.07, 6.45) is 1.72. The zero-order chi connectivity index (χ0) is 11.5. The van der Waals surface area contributed by atoms with Gasteiger partial charge in [-0.25, -0.2) is 0 Å². The van der Waals surface area contributed by atoms with Gasteiger partial charge >= 0.3 is 0 Å². The van der Waals surface area contributed by atoms with E-state index in [0.717, 1.165) is 24.9 Å². The number of hydrogen-bond donors (Lipinski definition) is 2. The molecular formula is C12H20N2O2. The SMILES string of the molecule is CC1CCN(c2ccc([C@@H](O)CN)o2)CC1. The van der Waals surface area contributed by atoms with E-state index in [1.807, 2.05) is 12.1 Å². The molecule has 0 amide bonds. The largest absolute Gasteiger partial charge is 0.443 e. The average Bonchev–Trinajstić information content (AvgIpc) is 2.78. The molecule has 1 atom stereocenters. The molecule has 1 saturated heterocycles. The van der Waals surface area contributed by atoms with Gasteiger partial charge in [0.2, 0.25) is 0 Å². The molecule has 4 nitrogen and oxygen atoms in total. The van der Waals surface area contributed by atoms with Crippen LogP contribution in [-0.2, 0) is 0 Å². The zero-order valence-electron chi connectivity index (χ0n) is 9.72. The van der Waals surface area contributed by atoms with Gasteiger partial charge in [0.25, 0.3) is 0 Å². The third kappa shape index (κ3) is 2.39. The molecule has 2 rings (SSSR count). The fourth-order valence-electron chi connectivity index (χ4n) is 2.04. The van der Waals surface area contributed by atoms with Crippen molar-refractivity contribution in [3.05, 3.63) is 17.9 Å². The van der Waals surface area contributed by atoms with Gasteiger partial charge in [-0.3, -0.25) is 0 Å². The lowest BCUT2D eigenvalue weighted by Crippen LogP contribution is -2.32. The summed E-state index contributed by atoms with van der Waals surface area (Å²) >= 11 is 0. The lowest BCUT2D eigenvalue weighted by atomic mass is 9.99. The van der Waals surface area contributed by atoms with Gasteiger partial charge in [-0.2, -0.15) is 0 Å². The highest BCUT2D eigenvalue weighted by Gasteiger charge is 2.19. The summed E-state index contributed by atoms with van der Waals surface area (Å²) in [6, 6.07) is 3.73. The number of hydrogen-bond acceptors (Lipinski definition) is 4. The smallest absolute Gasteiger partial charge is 0.195 e. The Morgan fingerprint density at radius 1 is 1.50 bits per heavy atom. The summed E-state index contributed by atoms with van der Waals surface area (Å²) in [6.45, 7) is 4.55. The van der Waals surface area contributed by atoms with E-state index >= 15 is 0 Å². The molecule has 1 aromatic heterocycles. The van der Waals surface area contributed by atoms with Gasteiger partial charge in [0.15, 0.2) is 5.88 Å². The topological polar surface area (TPSA) is 62.6 Å². The van der Waals surface area contributed by atoms with E-state index in [0.29, 0.717) is 5.76 Å². The van der Waals surface area contributed by atoms with Crippen LogP contribution in [-0.4, -0.2) is 24.7 Å². The predicted octanol–water partition coefficient (Wildman–Crippen LogP) is 1.51. The van der Waals surface area contributed by atoms with Crippen molar-refractivity contribution in [3.63, 3.8) is 0 Å². The van der Waals surface area contributed by atoms with Crippen molar-refractivity contribution < 1.29 is 9.52 Å². The number of rotatable bonds is 3. The summed E-state index contributed by atoms with van der Waals surface area (Å²) in [5.74, 6) is 2.23. The van der Waals surface area contributed by atoms with Crippen LogP contribution in [0.4, 0.5) is 5.88 Å². The molecule has 1 aliphatic rings. The second kappa shape index (κ2) is 4.89. The first-order chi connectivity index (χ1) is 7.70. The molecule has 0 aromatic carbocycles. The second-order valence-corrected chi connectivity index (χ2v) is 4.60. The molecule has 0 spiro atoms. The predicted molar refractivity (Wildman–Crippen MR) is 63.3 cm³/mol. The third-order valence-corrected chi connectivity index (χ3v) is 3.26. The molecule has 1 aliphatic heterocycles. The van der Waals surface area contributed by atoms with Crippen molar-refractivity contribution >= 4 is 5.88 Å². The molecule has 0 unspecified atom stereocenters. The minimum absolute atomic E-state index is 0.198. The van der Waals surface area contributed by atoms with Crippen molar-refractivity contribution in [1.29, 1.82) is 0 Å². The standard InChI is InChI=1S/C12H20N2O2/c1-9-4-6-14(7-5-9)12-3-2-11(16-12)10(15)8-13/h2-3,9-10,15H,4-8,13H2,1H3/t10-/m0/s1. The number of nitrogens with two attached hydrogens (primary N) is 1. The number of piperidine rings is 1. The van der Waals surface area contributed by atoms with Gasteiger partial charge in [-0.05, 0) is 24.8 Å². The van der Waals surface area contributed by atoms with Gasteiger partial charge in [0.05, 0.1) is 0 Å². The van der Waals surface area contributed by atoms with Crippen LogP contribution in [0.15, 0.2) is 16.5 Å². The van der Waals surface area contributed by atoms with Crippen LogP contribution < -0.4 is 10.6 Å². The molecule has 90 valence electrons. The number of anilines is 1. The summed E-state index contributed by atoms with van der Waals surface area (Å²) < 4.78 is 5.61. The van der Waals surface area contributed by atoms with Crippen molar-refractivity contribution in [2.75, 3.05) is 24.5 Å². The summed E-state index contributed by atoms with van der Waals surface area (Å²) in [5.41, 5.74) is 5.39. The fourth-order valence-corrected chi connectivity index (χ4v) is 2.04. The van der Waals surface area contributed by atoms with E-state index in [1.54, 1.807) is 0 Å². The quantitative estimate of drug-likeness (QED) is 0.817. The molecule has 0 aliphatic carbocycles. The molecule has 1 aromatic rings. The van der Waals surface area contributed by atoms with Crippen molar-refractivity contribution in [3.8, 4) is 0 Å². The van der Waals surface area contributed by atoms with Crippen LogP contribution >= 0.6 is 0 Å². The maximum atomic E-state index is 9.55. The number of aliphatic hydroxyl groups excluding tert-OH is 1. The van der Waals surface area contributed by atoms with E-state index in [-0.39, 0.29) is 6.54 Å². The third-order valence-electron chi connectivity index (χ3n) is 3.26. The van der Waals surface area contributed by atoms with Crippen molar-refractivity contribution in [2.45, 2.75) is 25.9 Å². The fraction of sp³-hybridized carbons (Fsp3) is 0.667. The molecule has 3 N–H and O–H groups in total. The molecule has 1 fully saturated rings. The van der Waals surface area contributed by atoms with Crippen LogP contribution in [0.1, 0.15) is 31.6 Å². The van der Waals surface area contributed by atoms with Gasteiger partial charge in [-0.1, -0.05) is 6.92 Å². The first kappa shape index (κ1) is 11.5. The normalized spacial score (nSPS) is 20.1. The van der Waals surface area contributed by atoms with Crippen LogP contribution in [0.5, 0.6) is 0 Å². The van der Waals surface area contributed by atoms with Crippen molar-refractivity contribution in [2.24, 2.45) is 11.7 Å². The second-order valence-electron chi connectivity index (χ2n) is 4.60. The molecule has 0 saturated carbocycles. The monoisotopic (exact) mass is 224 g/mol. The van der Waals surface area contributed by atoms with Gasteiger partial charge in [0.1, 0.15) is 11.9 Å². The van der Waals surface area contributed by atoms with Crippen LogP contribution in [0, 0.1) is 5.92 Å². The Morgan fingerprint density at radius 3 is 2.81 bits per heavy atom. The number of aliphatic hydroxyl groups is 1. The lowest BCUT2D eigenvalue weighted by Gasteiger charge is -2.29. The first-order valence-corrected chi connectivity index (χ1v) is 5.93. The van der Waals surface area contributed by atoms with E-state index in [9.17, 15) is 5.11 Å². The van der Waals surface area contributed by atoms with Gasteiger partial charge < -0.3 is 20.2 Å². The zero-order valence-corrected chi connectivity index (χ0v) is 9.72. The van der Waals surface area contributed by atoms with Crippen LogP contribution in [0.3, 0.4) is 0 Å². The highest BCUT2D eigenvalue weighted by molar-refractivity contribution is 5.37. The molecular weight excluding hydrogens is 204 g/mol. The van der Waals surface area contributed by atoms with E-state index in [2.05, 4.69) is 11.8 Å². The highest BCUT2D eigenvalue weighted by Crippen LogP contribution is 2.26. The Hall–Kier alpha value is -1.00. The Balaban J connectivity index is 2.01. The van der Waals surface area contributed by atoms with E-state index in [4.69, 9.17) is 10.2 Å². The average molecular weight is 224 g/mol. The minimum atomic E-state index is -0.683. The Labute approximate surface area is 96.0 Å². The van der Waals surface area contributed by atoms with Gasteiger partial charge in [-0.15, -0.1) is 0 Å². The molecule has 2 heterocycles. The summed E-state index contributed by atoms with van der Waals surface area (Å²) in [4.78, 5) is 2.23. The molecule has 0 bridgehead atoms. The number of nitrogens with zero attached hydrogens (tertiary/aromatic N) is 1. The van der Waals surface area contributed by atoms with Crippen LogP contribution in [0.25, 0.3) is 0 Å². The number of furan rings is 1. The molecule has 16 heavy (non-hydrogen) atoms. The van der Waals surface area contributed by atoms with Gasteiger partial charge in [0, 0.05) is 25.7 Å².